The van der Waals surface area contributed by atoms with Crippen LogP contribution in [0, 0.1) is 16.7 Å². The first-order valence-corrected chi connectivity index (χ1v) is 34.3. The molecule has 2 aromatic rings. The Morgan fingerprint density at radius 1 is 0.732 bits per heavy atom. The molecule has 6 rings (SSSR count). The number of hydrogen-bond acceptors (Lipinski definition) is 17. The second-order valence-electron chi connectivity index (χ2n) is 25.5. The molecule has 11 atom stereocenters. The van der Waals surface area contributed by atoms with Crippen molar-refractivity contribution in [1.29, 1.82) is 0 Å². The van der Waals surface area contributed by atoms with Crippen molar-refractivity contribution in [1.82, 2.24) is 4.90 Å². The number of nitrogens with zero attached hydrogens (tertiary/aromatic N) is 1. The van der Waals surface area contributed by atoms with E-state index < -0.39 is 147 Å². The van der Waals surface area contributed by atoms with Crippen LogP contribution in [0.5, 0.6) is 0 Å². The predicted octanol–water partition coefficient (Wildman–Crippen LogP) is 11.5. The van der Waals surface area contributed by atoms with Gasteiger partial charge < -0.3 is 47.1 Å². The van der Waals surface area contributed by atoms with E-state index >= 15 is 14.4 Å². The van der Waals surface area contributed by atoms with Crippen molar-refractivity contribution in [2.75, 3.05) is 6.61 Å². The van der Waals surface area contributed by atoms with Gasteiger partial charge in [0.15, 0.2) is 28.0 Å². The zero-order valence-electron chi connectivity index (χ0n) is 51.7. The highest BCUT2D eigenvalue weighted by Gasteiger charge is 2.79. The third-order valence-electron chi connectivity index (χ3n) is 18.2. The Kier molecular flexibility index (Phi) is 19.9. The number of benzene rings is 2. The maximum absolute atomic E-state index is 17.2. The van der Waals surface area contributed by atoms with Gasteiger partial charge in [-0.3, -0.25) is 14.4 Å². The Morgan fingerprint density at radius 2 is 1.23 bits per heavy atom. The van der Waals surface area contributed by atoms with Gasteiger partial charge in [0.05, 0.1) is 29.6 Å². The van der Waals surface area contributed by atoms with E-state index in [1.165, 1.54) is 19.1 Å². The van der Waals surface area contributed by atoms with Crippen molar-refractivity contribution in [3.05, 3.63) is 82.9 Å². The maximum Gasteiger partial charge on any atom is 0.420 e. The lowest BCUT2D eigenvalue weighted by molar-refractivity contribution is -0.344. The minimum atomic E-state index is -2.92. The summed E-state index contributed by atoms with van der Waals surface area (Å²) in [7, 11) is -5.59. The highest BCUT2D eigenvalue weighted by molar-refractivity contribution is 6.74. The lowest BCUT2D eigenvalue weighted by Crippen LogP contribution is -2.82. The van der Waals surface area contributed by atoms with Crippen LogP contribution in [0.15, 0.2) is 71.8 Å². The maximum atomic E-state index is 17.2. The lowest BCUT2D eigenvalue weighted by atomic mass is 9.44. The molecular formula is C62H91NO17Si2. The number of aliphatic hydroxyl groups is 1. The van der Waals surface area contributed by atoms with Crippen LogP contribution in [-0.2, 0) is 61.2 Å². The van der Waals surface area contributed by atoms with Gasteiger partial charge in [0.25, 0.3) is 0 Å². The quantitative estimate of drug-likeness (QED) is 0.0597. The molecule has 18 nitrogen and oxygen atoms in total. The van der Waals surface area contributed by atoms with Crippen molar-refractivity contribution in [3.8, 4) is 0 Å². The molecule has 2 saturated carbocycles. The Morgan fingerprint density at radius 3 is 1.68 bits per heavy atom. The Labute approximate surface area is 487 Å². The van der Waals surface area contributed by atoms with Gasteiger partial charge in [-0.05, 0) is 120 Å². The Balaban J connectivity index is 1.72. The number of carbonyl (C=O) groups is 7. The number of fused-ring (bicyclic) bond motifs is 5. The first-order valence-electron chi connectivity index (χ1n) is 29.2. The van der Waals surface area contributed by atoms with E-state index in [4.69, 9.17) is 42.0 Å². The van der Waals surface area contributed by atoms with Gasteiger partial charge in [0.1, 0.15) is 47.3 Å². The molecule has 1 saturated heterocycles. The van der Waals surface area contributed by atoms with Crippen LogP contribution < -0.4 is 0 Å². The number of rotatable bonds is 19. The fourth-order valence-electron chi connectivity index (χ4n) is 13.2. The summed E-state index contributed by atoms with van der Waals surface area (Å²) in [6, 6.07) is 18.2. The van der Waals surface area contributed by atoms with Crippen LogP contribution >= 0.6 is 0 Å². The van der Waals surface area contributed by atoms with Crippen LogP contribution in [0.2, 0.25) is 36.3 Å². The molecule has 3 aliphatic carbocycles. The molecule has 4 aliphatic rings. The van der Waals surface area contributed by atoms with Crippen molar-refractivity contribution >= 4 is 58.5 Å². The summed E-state index contributed by atoms with van der Waals surface area (Å²) in [6.07, 6.45) is -11.6. The number of hydrogen-bond donors (Lipinski definition) is 1. The van der Waals surface area contributed by atoms with E-state index in [0.29, 0.717) is 46.7 Å². The van der Waals surface area contributed by atoms with Crippen molar-refractivity contribution in [2.24, 2.45) is 16.7 Å². The molecule has 0 aromatic heterocycles. The highest BCUT2D eigenvalue weighted by atomic mass is 28.4. The number of carbonyl (C=O) groups excluding carboxylic acids is 7. The second-order valence-corrected chi connectivity index (χ2v) is 34.9. The average Bonchev–Trinajstić information content (AvgIpc) is 1.67. The molecule has 82 heavy (non-hydrogen) atoms. The third-order valence-corrected chi connectivity index (χ3v) is 27.4. The SMILES string of the molecule is CC[Si](CC)(CC)O[C@H]1C(=O)[C@@]2(C)C(C(OC(=O)c3ccccc3)[C@]3(O)C[C@H](OC(=O)[C@H](OC(C)=O)[C@H](c4ccccc4)N(C(=O)OC(C)(C)C)C(=O)OC(C)(C)C)C(C)=C1C3(C)C)[C@]1(OC(C)=O)CO[C@@H]1C[C@@H]2O[Si](CC)(CC)CC. The smallest absolute Gasteiger partial charge is 0.420 e. The summed E-state index contributed by atoms with van der Waals surface area (Å²) in [5, 5.41) is 14.7. The van der Waals surface area contributed by atoms with Gasteiger partial charge in [-0.1, -0.05) is 104 Å². The van der Waals surface area contributed by atoms with Gasteiger partial charge >= 0.3 is 36.1 Å². The first kappa shape index (κ1) is 65.9. The number of esters is 4. The van der Waals surface area contributed by atoms with Gasteiger partial charge in [-0.15, -0.1) is 0 Å². The van der Waals surface area contributed by atoms with E-state index in [2.05, 4.69) is 20.8 Å². The number of Topliss-reactive ketones (excluding diaryl/α,β-unsaturated/α-hetero) is 1. The molecule has 0 spiro atoms. The average molecular weight is 1180 g/mol. The van der Waals surface area contributed by atoms with Crippen LogP contribution in [0.3, 0.4) is 0 Å². The van der Waals surface area contributed by atoms with E-state index in [1.807, 2.05) is 20.8 Å². The van der Waals surface area contributed by atoms with E-state index in [1.54, 1.807) is 118 Å². The molecule has 20 heteroatoms. The minimum Gasteiger partial charge on any atom is -0.455 e. The van der Waals surface area contributed by atoms with Crippen LogP contribution in [-0.4, -0.2) is 134 Å². The third kappa shape index (κ3) is 12.6. The molecule has 1 N–H and O–H groups in total. The van der Waals surface area contributed by atoms with E-state index in [-0.39, 0.29) is 29.7 Å². The standard InChI is InChI=1S/C62H91NO17Si2/c1-19-81(20-2,21-3)79-44-35-45-61(37-72-45,76-40(9)65)50-52(75-53(67)42-33-29-26-30-34-42)62(71)36-43(38(7)46(59(62,16)17)48(51(66)60(44,50)18)80-82(22-4,23-5)24-6)74-54(68)49(73-39(8)64)47(41-31-27-25-28-32-41)63(55(69)77-57(10,11)12)56(70)78-58(13,14)15/h25-34,43-45,47-50,52,71H,19-24,35-37H2,1-18H3/t43-,44-,45+,47-,48+,49+,50?,52?,60+,61-,62+/m0/s1. The molecule has 2 unspecified atom stereocenters. The molecule has 1 heterocycles. The number of imide groups is 1. The zero-order valence-corrected chi connectivity index (χ0v) is 53.7. The summed E-state index contributed by atoms with van der Waals surface area (Å²) in [5.41, 5.74) is -8.98. The molecule has 2 bridgehead atoms. The second kappa shape index (κ2) is 24.8. The van der Waals surface area contributed by atoms with Crippen molar-refractivity contribution < 1.29 is 80.7 Å². The molecule has 3 fully saturated rings. The predicted molar refractivity (Wildman–Crippen MR) is 310 cm³/mol. The summed E-state index contributed by atoms with van der Waals surface area (Å²) >= 11 is 0. The summed E-state index contributed by atoms with van der Waals surface area (Å²) in [6.45, 7) is 30.9. The monoisotopic (exact) mass is 1180 g/mol. The number of ether oxygens (including phenoxy) is 7. The number of ketones is 1. The molecule has 2 amide bonds. The van der Waals surface area contributed by atoms with Crippen LogP contribution in [0.25, 0.3) is 0 Å². The largest absolute Gasteiger partial charge is 0.455 e. The zero-order chi connectivity index (χ0) is 61.3. The van der Waals surface area contributed by atoms with Gasteiger partial charge in [-0.25, -0.2) is 24.1 Å². The minimum absolute atomic E-state index is 0.118. The Bertz CT molecular complexity index is 2670. The van der Waals surface area contributed by atoms with Crippen LogP contribution in [0.1, 0.15) is 159 Å². The summed E-state index contributed by atoms with van der Waals surface area (Å²) in [5.74, 6) is -5.69. The van der Waals surface area contributed by atoms with Gasteiger partial charge in [-0.2, -0.15) is 0 Å². The Hall–Kier alpha value is -5.26. The first-order chi connectivity index (χ1) is 38.1. The molecule has 454 valence electrons. The molecule has 1 aliphatic heterocycles. The van der Waals surface area contributed by atoms with Gasteiger partial charge in [0, 0.05) is 32.1 Å². The summed E-state index contributed by atoms with van der Waals surface area (Å²) < 4.78 is 59.1. The molecular weight excluding hydrogens is 1090 g/mol. The van der Waals surface area contributed by atoms with E-state index in [0.717, 1.165) is 6.92 Å². The van der Waals surface area contributed by atoms with Gasteiger partial charge in [0.2, 0.25) is 6.10 Å². The fraction of sp³-hybridized carbons (Fsp3) is 0.661. The number of amides is 2. The van der Waals surface area contributed by atoms with Crippen LogP contribution in [0.4, 0.5) is 9.59 Å². The van der Waals surface area contributed by atoms with Crippen molar-refractivity contribution in [3.63, 3.8) is 0 Å². The highest BCUT2D eigenvalue weighted by Crippen LogP contribution is 2.65. The normalized spacial score (nSPS) is 27.8. The molecule has 0 radical (unpaired) electrons. The lowest BCUT2D eigenvalue weighted by Gasteiger charge is -2.68. The van der Waals surface area contributed by atoms with Crippen molar-refractivity contribution in [2.45, 2.75) is 239 Å². The summed E-state index contributed by atoms with van der Waals surface area (Å²) in [4.78, 5) is 105. The topological polar surface area (TPSA) is 226 Å². The molecule has 2 aromatic carbocycles. The fourth-order valence-corrected chi connectivity index (χ4v) is 18.9. The van der Waals surface area contributed by atoms with E-state index in [9.17, 15) is 24.3 Å².